The molecule has 0 aromatic carbocycles. The van der Waals surface area contributed by atoms with E-state index in [1.807, 2.05) is 31.4 Å². The average Bonchev–Trinajstić information content (AvgIpc) is 3.05. The van der Waals surface area contributed by atoms with Gasteiger partial charge < -0.3 is 4.74 Å². The quantitative estimate of drug-likeness (QED) is 0.676. The first-order valence-electron chi connectivity index (χ1n) is 11.3. The molecule has 0 radical (unpaired) electrons. The first-order chi connectivity index (χ1) is 14.3. The van der Waals surface area contributed by atoms with Gasteiger partial charge >= 0.3 is 5.97 Å². The van der Waals surface area contributed by atoms with Crippen molar-refractivity contribution in [2.45, 2.75) is 72.1 Å². The van der Waals surface area contributed by atoms with Gasteiger partial charge in [0.2, 0.25) is 0 Å². The summed E-state index contributed by atoms with van der Waals surface area (Å²) in [6, 6.07) is 1.95. The zero-order valence-electron chi connectivity index (χ0n) is 18.2. The second kappa shape index (κ2) is 7.17. The Kier molecular flexibility index (Phi) is 4.71. The normalized spacial score (nSPS) is 29.5. The third kappa shape index (κ3) is 3.34. The Hall–Kier alpha value is -2.24. The molecular weight excluding hydrogens is 378 g/mol. The van der Waals surface area contributed by atoms with Crippen molar-refractivity contribution in [2.75, 3.05) is 6.61 Å². The first kappa shape index (κ1) is 19.7. The van der Waals surface area contributed by atoms with Gasteiger partial charge in [-0.2, -0.15) is 5.10 Å². The topological polar surface area (TPSA) is 73.6 Å². The molecule has 0 aliphatic heterocycles. The molecule has 0 unspecified atom stereocenters. The fraction of sp³-hybridized carbons (Fsp3) is 0.667. The number of hydrogen-bond donors (Lipinski definition) is 0. The number of aromatic nitrogens is 3. The maximum atomic E-state index is 13.0. The molecule has 4 fully saturated rings. The minimum absolute atomic E-state index is 0.0570. The van der Waals surface area contributed by atoms with E-state index in [1.54, 1.807) is 0 Å². The average molecular weight is 410 g/mol. The van der Waals surface area contributed by atoms with Crippen LogP contribution < -0.4 is 0 Å². The van der Waals surface area contributed by atoms with E-state index in [4.69, 9.17) is 4.74 Å². The van der Waals surface area contributed by atoms with Crippen LogP contribution in [0.1, 0.15) is 67.6 Å². The van der Waals surface area contributed by atoms with Gasteiger partial charge in [0.05, 0.1) is 5.69 Å². The molecule has 0 atom stereocenters. The van der Waals surface area contributed by atoms with Gasteiger partial charge in [0.25, 0.3) is 0 Å². The Balaban J connectivity index is 1.19. The number of carbonyl (C=O) groups is 2. The number of nitrogens with zero attached hydrogens (tertiary/aromatic N) is 3. The number of rotatable bonds is 6. The molecule has 6 rings (SSSR count). The van der Waals surface area contributed by atoms with Gasteiger partial charge in [-0.25, -0.2) is 9.50 Å². The molecule has 0 amide bonds. The van der Waals surface area contributed by atoms with Crippen LogP contribution in [0.3, 0.4) is 0 Å². The SMILES string of the molecule is Cc1cc2nc(C)c(CCC(=O)OCC(=O)C34CC5CC(CC(C5)C3)C4)c(C)n2n1. The molecule has 4 aliphatic rings. The van der Waals surface area contributed by atoms with Crippen LogP contribution in [0, 0.1) is 43.9 Å². The summed E-state index contributed by atoms with van der Waals surface area (Å²) in [7, 11) is 0. The van der Waals surface area contributed by atoms with Crippen molar-refractivity contribution in [3.05, 3.63) is 28.7 Å². The van der Waals surface area contributed by atoms with E-state index in [-0.39, 0.29) is 30.2 Å². The zero-order valence-corrected chi connectivity index (χ0v) is 18.2. The van der Waals surface area contributed by atoms with Gasteiger partial charge in [-0.1, -0.05) is 0 Å². The lowest BCUT2D eigenvalue weighted by Gasteiger charge is -2.55. The number of aryl methyl sites for hydroxylation is 3. The van der Waals surface area contributed by atoms with Gasteiger partial charge in [-0.05, 0) is 89.0 Å². The number of ether oxygens (including phenoxy) is 1. The van der Waals surface area contributed by atoms with Crippen LogP contribution in [0.25, 0.3) is 5.65 Å². The Labute approximate surface area is 177 Å². The summed E-state index contributed by atoms with van der Waals surface area (Å²) in [4.78, 5) is 30.1. The molecule has 4 bridgehead atoms. The summed E-state index contributed by atoms with van der Waals surface area (Å²) >= 11 is 0. The van der Waals surface area contributed by atoms with Crippen LogP contribution >= 0.6 is 0 Å². The fourth-order valence-electron chi connectivity index (χ4n) is 6.85. The minimum Gasteiger partial charge on any atom is -0.458 e. The summed E-state index contributed by atoms with van der Waals surface area (Å²) < 4.78 is 7.29. The maximum Gasteiger partial charge on any atom is 0.306 e. The predicted molar refractivity (Wildman–Crippen MR) is 112 cm³/mol. The molecule has 6 heteroatoms. The highest BCUT2D eigenvalue weighted by Crippen LogP contribution is 2.60. The molecule has 0 N–H and O–H groups in total. The van der Waals surface area contributed by atoms with Crippen LogP contribution in [0.4, 0.5) is 0 Å². The molecule has 2 aromatic rings. The van der Waals surface area contributed by atoms with Crippen molar-refractivity contribution in [1.29, 1.82) is 0 Å². The zero-order chi connectivity index (χ0) is 21.0. The molecule has 2 aromatic heterocycles. The minimum atomic E-state index is -0.302. The molecule has 4 saturated carbocycles. The second-order valence-electron chi connectivity index (χ2n) is 10.1. The number of ketones is 1. The van der Waals surface area contributed by atoms with Crippen LogP contribution in [-0.2, 0) is 20.7 Å². The Bertz CT molecular complexity index is 987. The van der Waals surface area contributed by atoms with E-state index in [0.29, 0.717) is 6.42 Å². The number of esters is 1. The van der Waals surface area contributed by atoms with Gasteiger partial charge in [0.15, 0.2) is 18.0 Å². The summed E-state index contributed by atoms with van der Waals surface area (Å²) in [5.41, 5.74) is 4.49. The lowest BCUT2D eigenvalue weighted by molar-refractivity contribution is -0.157. The monoisotopic (exact) mass is 409 g/mol. The van der Waals surface area contributed by atoms with Gasteiger partial charge in [0.1, 0.15) is 0 Å². The lowest BCUT2D eigenvalue weighted by atomic mass is 9.48. The number of carbonyl (C=O) groups excluding carboxylic acids is 2. The lowest BCUT2D eigenvalue weighted by Crippen LogP contribution is -2.51. The number of hydrogen-bond acceptors (Lipinski definition) is 5. The molecular formula is C24H31N3O3. The van der Waals surface area contributed by atoms with Gasteiger partial charge in [-0.3, -0.25) is 9.59 Å². The van der Waals surface area contributed by atoms with Crippen LogP contribution in [0.5, 0.6) is 0 Å². The maximum absolute atomic E-state index is 13.0. The Morgan fingerprint density at radius 1 is 1.10 bits per heavy atom. The Morgan fingerprint density at radius 3 is 2.37 bits per heavy atom. The standard InChI is InChI=1S/C24H31N3O3/c1-14-6-22-25-15(2)20(16(3)27(22)26-14)4-5-23(29)30-13-21(28)24-10-17-7-18(11-24)9-19(8-17)12-24/h6,17-19H,4-5,7-13H2,1-3H3. The van der Waals surface area contributed by atoms with E-state index in [2.05, 4.69) is 10.1 Å². The Morgan fingerprint density at radius 2 is 1.73 bits per heavy atom. The van der Waals surface area contributed by atoms with Crippen LogP contribution in [0.15, 0.2) is 6.07 Å². The van der Waals surface area contributed by atoms with Gasteiger partial charge in [0, 0.05) is 29.3 Å². The van der Waals surface area contributed by atoms with E-state index in [0.717, 1.165) is 65.3 Å². The van der Waals surface area contributed by atoms with Gasteiger partial charge in [-0.15, -0.1) is 0 Å². The highest BCUT2D eigenvalue weighted by molar-refractivity contribution is 5.88. The second-order valence-corrected chi connectivity index (χ2v) is 10.1. The number of Topliss-reactive ketones (excluding diaryl/α,β-unsaturated/α-hetero) is 1. The summed E-state index contributed by atoms with van der Waals surface area (Å²) in [5, 5.41) is 4.48. The van der Waals surface area contributed by atoms with Crippen molar-refractivity contribution in [3.63, 3.8) is 0 Å². The number of fused-ring (bicyclic) bond motifs is 1. The van der Waals surface area contributed by atoms with E-state index >= 15 is 0 Å². The first-order valence-corrected chi connectivity index (χ1v) is 11.3. The summed E-state index contributed by atoms with van der Waals surface area (Å²) in [5.74, 6) is 2.02. The van der Waals surface area contributed by atoms with E-state index < -0.39 is 0 Å². The van der Waals surface area contributed by atoms with Crippen molar-refractivity contribution in [1.82, 2.24) is 14.6 Å². The molecule has 30 heavy (non-hydrogen) atoms. The third-order valence-electron chi connectivity index (χ3n) is 7.86. The highest BCUT2D eigenvalue weighted by atomic mass is 16.5. The third-order valence-corrected chi connectivity index (χ3v) is 7.86. The van der Waals surface area contributed by atoms with Crippen molar-refractivity contribution >= 4 is 17.4 Å². The largest absolute Gasteiger partial charge is 0.458 e. The molecule has 0 spiro atoms. The summed E-state index contributed by atoms with van der Waals surface area (Å²) in [6.07, 6.45) is 7.76. The fourth-order valence-corrected chi connectivity index (χ4v) is 6.85. The van der Waals surface area contributed by atoms with E-state index in [9.17, 15) is 9.59 Å². The van der Waals surface area contributed by atoms with E-state index in [1.165, 1.54) is 19.3 Å². The van der Waals surface area contributed by atoms with Crippen LogP contribution in [0.2, 0.25) is 0 Å². The highest BCUT2D eigenvalue weighted by Gasteiger charge is 2.54. The molecule has 0 saturated heterocycles. The summed E-state index contributed by atoms with van der Waals surface area (Å²) in [6.45, 7) is 5.86. The predicted octanol–water partition coefficient (Wildman–Crippen LogP) is 3.92. The van der Waals surface area contributed by atoms with Crippen LogP contribution in [-0.4, -0.2) is 33.0 Å². The van der Waals surface area contributed by atoms with Crippen molar-refractivity contribution < 1.29 is 14.3 Å². The van der Waals surface area contributed by atoms with Crippen molar-refractivity contribution in [2.24, 2.45) is 23.2 Å². The van der Waals surface area contributed by atoms with Crippen molar-refractivity contribution in [3.8, 4) is 0 Å². The smallest absolute Gasteiger partial charge is 0.306 e. The molecule has 4 aliphatic carbocycles. The molecule has 6 nitrogen and oxygen atoms in total. The molecule has 160 valence electrons. The molecule has 2 heterocycles.